The summed E-state index contributed by atoms with van der Waals surface area (Å²) in [5, 5.41) is 0. The van der Waals surface area contributed by atoms with Gasteiger partial charge in [0.1, 0.15) is 0 Å². The van der Waals surface area contributed by atoms with E-state index in [9.17, 15) is 30.7 Å². The summed E-state index contributed by atoms with van der Waals surface area (Å²) in [6.45, 7) is 0. The number of rotatable bonds is 0. The van der Waals surface area contributed by atoms with Crippen molar-refractivity contribution in [3.05, 3.63) is 0 Å². The first-order valence-corrected chi connectivity index (χ1v) is 4.19. The summed E-state index contributed by atoms with van der Waals surface area (Å²) in [5.41, 5.74) is 0. The number of alkyl halides is 7. The third-order valence-corrected chi connectivity index (χ3v) is 3.19. The van der Waals surface area contributed by atoms with Gasteiger partial charge in [-0.05, 0) is 0 Å². The summed E-state index contributed by atoms with van der Waals surface area (Å²) in [5.74, 6) is 0. The van der Waals surface area contributed by atoms with Gasteiger partial charge >= 0.3 is 72.1 Å². The summed E-state index contributed by atoms with van der Waals surface area (Å²) in [6, 6.07) is 0. The van der Waals surface area contributed by atoms with Crippen molar-refractivity contribution in [1.29, 1.82) is 0 Å². The Labute approximate surface area is 72.4 Å². The molecule has 63 valence electrons. The Kier molecular flexibility index (Phi) is 2.84. The minimum atomic E-state index is -5.84. The molecule has 11 heavy (non-hydrogen) atoms. The Balaban J connectivity index is 4.75. The molecule has 0 aromatic heterocycles. The van der Waals surface area contributed by atoms with Crippen molar-refractivity contribution in [2.24, 2.45) is 0 Å². The van der Waals surface area contributed by atoms with Gasteiger partial charge in [0.2, 0.25) is 0 Å². The van der Waals surface area contributed by atoms with Crippen molar-refractivity contribution in [2.45, 2.75) is 15.6 Å². The van der Waals surface area contributed by atoms with Crippen molar-refractivity contribution in [2.75, 3.05) is 0 Å². The summed E-state index contributed by atoms with van der Waals surface area (Å²) in [4.78, 5) is 0. The van der Waals surface area contributed by atoms with Crippen molar-refractivity contribution in [3.8, 4) is 0 Å². The third-order valence-electron chi connectivity index (χ3n) is 0.899. The van der Waals surface area contributed by atoms with E-state index < -0.39 is 41.3 Å². The van der Waals surface area contributed by atoms with Crippen LogP contribution in [0.4, 0.5) is 30.7 Å². The van der Waals surface area contributed by atoms with Gasteiger partial charge in [0.25, 0.3) is 0 Å². The maximum absolute atomic E-state index is 11.9. The van der Waals surface area contributed by atoms with E-state index in [1.807, 2.05) is 0 Å². The van der Waals surface area contributed by atoms with Gasteiger partial charge in [0, 0.05) is 0 Å². The molecule has 0 aliphatic carbocycles. The molecule has 0 aliphatic heterocycles. The van der Waals surface area contributed by atoms with Crippen LogP contribution in [-0.2, 0) is 25.8 Å². The molecule has 8 heteroatoms. The molecule has 0 unspecified atom stereocenters. The van der Waals surface area contributed by atoms with Crippen LogP contribution in [0.2, 0.25) is 0 Å². The van der Waals surface area contributed by atoms with E-state index in [-0.39, 0.29) is 0 Å². The molecule has 0 saturated heterocycles. The molecule has 0 atom stereocenters. The fourth-order valence-electron chi connectivity index (χ4n) is 0.161. The third kappa shape index (κ3) is 2.18. The molecule has 0 saturated carbocycles. The first kappa shape index (κ1) is 11.4. The summed E-state index contributed by atoms with van der Waals surface area (Å²) in [6.07, 6.45) is -11.7. The molecule has 0 aromatic rings. The second-order valence-corrected chi connectivity index (χ2v) is 4.58. The molecule has 0 N–H and O–H groups in total. The molecule has 0 amide bonds. The molecule has 0 nitrogen and oxygen atoms in total. The Morgan fingerprint density at radius 1 is 0.636 bits per heavy atom. The van der Waals surface area contributed by atoms with E-state index in [0.717, 1.165) is 0 Å². The van der Waals surface area contributed by atoms with Crippen LogP contribution in [0.5, 0.6) is 0 Å². The minimum absolute atomic E-state index is 1.89. The predicted molar refractivity (Wildman–Crippen MR) is 15.9 cm³/mol. The molecule has 0 rings (SSSR count). The SMILES string of the molecule is FC(F)(F)[C](F)([Cd])C(F)(F)F. The Morgan fingerprint density at radius 2 is 0.818 bits per heavy atom. The maximum atomic E-state index is 11.9. The normalized spacial score (nSPS) is 15.4. The molecule has 0 spiro atoms. The number of hydrogen-bond donors (Lipinski definition) is 0. The van der Waals surface area contributed by atoms with Crippen molar-refractivity contribution in [1.82, 2.24) is 0 Å². The fourth-order valence-corrected chi connectivity index (χ4v) is 0.161. The van der Waals surface area contributed by atoms with Gasteiger partial charge in [-0.25, -0.2) is 0 Å². The van der Waals surface area contributed by atoms with Gasteiger partial charge in [-0.3, -0.25) is 0 Å². The van der Waals surface area contributed by atoms with Crippen molar-refractivity contribution >= 4 is 0 Å². The monoisotopic (exact) mass is 283 g/mol. The average molecular weight is 281 g/mol. The predicted octanol–water partition coefficient (Wildman–Crippen LogP) is 2.32. The van der Waals surface area contributed by atoms with Gasteiger partial charge < -0.3 is 0 Å². The summed E-state index contributed by atoms with van der Waals surface area (Å²) < 4.78 is 74.6. The van der Waals surface area contributed by atoms with Crippen LogP contribution >= 0.6 is 0 Å². The van der Waals surface area contributed by atoms with Gasteiger partial charge in [0.15, 0.2) is 0 Å². The summed E-state index contributed by atoms with van der Waals surface area (Å²) in [7, 11) is 0. The van der Waals surface area contributed by atoms with E-state index in [2.05, 4.69) is 0 Å². The molecule has 0 heterocycles. The fraction of sp³-hybridized carbons (Fsp3) is 1.00. The molecule has 0 bridgehead atoms. The number of hydrogen-bond acceptors (Lipinski definition) is 0. The van der Waals surface area contributed by atoms with Gasteiger partial charge in [0.05, 0.1) is 0 Å². The second kappa shape index (κ2) is 2.73. The van der Waals surface area contributed by atoms with Crippen LogP contribution in [0.1, 0.15) is 0 Å². The molecule has 0 radical (unpaired) electrons. The van der Waals surface area contributed by atoms with E-state index in [1.54, 1.807) is 0 Å². The first-order valence-electron chi connectivity index (χ1n) is 2.18. The van der Waals surface area contributed by atoms with Gasteiger partial charge in [-0.1, -0.05) is 0 Å². The van der Waals surface area contributed by atoms with Crippen LogP contribution in [0.15, 0.2) is 0 Å². The van der Waals surface area contributed by atoms with Crippen LogP contribution in [-0.4, -0.2) is 15.6 Å². The molecule has 0 fully saturated rings. The molecular formula is C3CdF7. The van der Waals surface area contributed by atoms with Crippen LogP contribution in [0.3, 0.4) is 0 Å². The first-order chi connectivity index (χ1) is 4.50. The van der Waals surface area contributed by atoms with Crippen molar-refractivity contribution in [3.63, 3.8) is 0 Å². The Morgan fingerprint density at radius 3 is 0.818 bits per heavy atom. The van der Waals surface area contributed by atoms with E-state index in [1.165, 1.54) is 0 Å². The number of halogens is 7. The van der Waals surface area contributed by atoms with E-state index in [0.29, 0.717) is 0 Å². The molecule has 0 aliphatic rings. The Hall–Kier alpha value is 0.432. The zero-order valence-electron chi connectivity index (χ0n) is 4.85. The Bertz CT molecular complexity index is 125. The van der Waals surface area contributed by atoms with E-state index in [4.69, 9.17) is 0 Å². The zero-order chi connectivity index (χ0) is 9.50. The zero-order valence-corrected chi connectivity index (χ0v) is 8.89. The van der Waals surface area contributed by atoms with Gasteiger partial charge in [-0.2, -0.15) is 0 Å². The second-order valence-electron chi connectivity index (χ2n) is 1.80. The molecular weight excluding hydrogens is 281 g/mol. The van der Waals surface area contributed by atoms with E-state index >= 15 is 0 Å². The van der Waals surface area contributed by atoms with Crippen LogP contribution < -0.4 is 0 Å². The topological polar surface area (TPSA) is 0 Å². The summed E-state index contributed by atoms with van der Waals surface area (Å²) >= 11 is -1.89. The quantitative estimate of drug-likeness (QED) is 0.472. The van der Waals surface area contributed by atoms with Crippen LogP contribution in [0, 0.1) is 0 Å². The van der Waals surface area contributed by atoms with Crippen molar-refractivity contribution < 1.29 is 56.5 Å². The standard InChI is InChI=1S/C3F7.Cd/c4-1(2(5,6)7)3(8,9)10;. The molecule has 0 aromatic carbocycles. The average Bonchev–Trinajstić information content (AvgIpc) is 1.58. The van der Waals surface area contributed by atoms with Gasteiger partial charge in [-0.15, -0.1) is 0 Å². The van der Waals surface area contributed by atoms with Crippen LogP contribution in [0.25, 0.3) is 0 Å².